The summed E-state index contributed by atoms with van der Waals surface area (Å²) in [5, 5.41) is 5.60. The van der Waals surface area contributed by atoms with E-state index in [-0.39, 0.29) is 83.6 Å². The van der Waals surface area contributed by atoms with Gasteiger partial charge >= 0.3 is 47.9 Å². The molecule has 0 aromatic heterocycles. The molecule has 0 bridgehead atoms. The molecule has 18 heteroatoms. The van der Waals surface area contributed by atoms with Crippen LogP contribution in [0.1, 0.15) is 234 Å². The lowest BCUT2D eigenvalue weighted by Gasteiger charge is -2.30. The number of hydrogen-bond donors (Lipinski definition) is 2. The molecule has 2 N–H and O–H groups in total. The van der Waals surface area contributed by atoms with Gasteiger partial charge in [0.05, 0.1) is 58.9 Å². The Labute approximate surface area is 438 Å². The summed E-state index contributed by atoms with van der Waals surface area (Å²) in [5.74, 6) is -4.61. The monoisotopic (exact) mass is 1040 g/mol. The molecule has 1 amide bonds. The number of alkyl carbamates (subject to hydrolysis) is 1. The molecule has 0 heterocycles. The van der Waals surface area contributed by atoms with Gasteiger partial charge in [-0.15, -0.1) is 0 Å². The highest BCUT2D eigenvalue weighted by atomic mass is 16.6. The molecule has 0 aliphatic heterocycles. The van der Waals surface area contributed by atoms with Gasteiger partial charge in [-0.25, -0.2) is 9.59 Å². The van der Waals surface area contributed by atoms with E-state index in [0.29, 0.717) is 77.0 Å². The molecule has 0 radical (unpaired) electrons. The highest BCUT2D eigenvalue weighted by Crippen LogP contribution is 2.27. The topological polar surface area (TPSA) is 234 Å². The maximum atomic E-state index is 14.1. The van der Waals surface area contributed by atoms with E-state index in [1.807, 2.05) is 0 Å². The quantitative estimate of drug-likeness (QED) is 0.0327. The molecule has 0 saturated heterocycles. The fourth-order valence-electron chi connectivity index (χ4n) is 7.24. The normalized spacial score (nSPS) is 11.3. The van der Waals surface area contributed by atoms with E-state index in [2.05, 4.69) is 31.4 Å². The van der Waals surface area contributed by atoms with Crippen molar-refractivity contribution in [2.45, 2.75) is 245 Å². The van der Waals surface area contributed by atoms with E-state index < -0.39 is 54.0 Å². The summed E-state index contributed by atoms with van der Waals surface area (Å²) in [7, 11) is 0. The third-order valence-electron chi connectivity index (χ3n) is 11.4. The molecule has 0 aliphatic rings. The van der Waals surface area contributed by atoms with Crippen LogP contribution in [0, 0.1) is 0 Å². The van der Waals surface area contributed by atoms with Gasteiger partial charge in [-0.3, -0.25) is 28.8 Å². The highest BCUT2D eigenvalue weighted by Gasteiger charge is 2.49. The molecule has 0 atom stereocenters. The van der Waals surface area contributed by atoms with Crippen LogP contribution in [0.3, 0.4) is 0 Å². The van der Waals surface area contributed by atoms with Gasteiger partial charge in [0.15, 0.2) is 0 Å². The van der Waals surface area contributed by atoms with Crippen LogP contribution in [-0.4, -0.2) is 118 Å². The molecule has 73 heavy (non-hydrogen) atoms. The number of nitrogens with one attached hydrogen (secondary N) is 2. The van der Waals surface area contributed by atoms with Crippen LogP contribution < -0.4 is 10.6 Å². The summed E-state index contributed by atoms with van der Waals surface area (Å²) in [5.41, 5.74) is -3.11. The number of carbonyl (C=O) groups excluding carboxylic acids is 8. The maximum Gasteiger partial charge on any atom is 0.407 e. The SMILES string of the molecule is CCCCCCCC(=O)OCCCCCOC(=O)CC(CC(=O)OCCCCCOC(=O)CCCCCCC)(OC(=O)CCNCCNC(=O)OC(C)(C)C)C(=O)OCCCCCOC(=O)CCCCCCC. The Morgan fingerprint density at radius 3 is 1.05 bits per heavy atom. The number of ether oxygens (including phenoxy) is 8. The molecule has 0 spiro atoms. The molecule has 0 saturated carbocycles. The number of unbranched alkanes of at least 4 members (excludes halogenated alkanes) is 18. The molecule has 0 rings (SSSR count). The van der Waals surface area contributed by atoms with Crippen LogP contribution in [0.15, 0.2) is 0 Å². The molecule has 0 fully saturated rings. The van der Waals surface area contributed by atoms with Crippen molar-refractivity contribution in [3.05, 3.63) is 0 Å². The van der Waals surface area contributed by atoms with E-state index in [1.54, 1.807) is 20.8 Å². The standard InChI is InChI=1S/C55H98N2O16/c1-7-10-13-16-22-31-46(58)66-38-25-19-28-41-69-50(62)44-55(72-49(61)34-35-56-36-37-57-53(65)73-54(4,5)6,52(64)71-43-30-21-27-40-68-48(60)33-24-18-15-12-9-3)45-51(63)70-42-29-20-26-39-67-47(59)32-23-17-14-11-8-2/h56H,7-45H2,1-6H3,(H,57,65). The van der Waals surface area contributed by atoms with Crippen LogP contribution in [0.4, 0.5) is 4.79 Å². The van der Waals surface area contributed by atoms with E-state index in [4.69, 9.17) is 37.9 Å². The van der Waals surface area contributed by atoms with Gasteiger partial charge in [-0.2, -0.15) is 0 Å². The lowest BCUT2D eigenvalue weighted by molar-refractivity contribution is -0.191. The summed E-state index contributed by atoms with van der Waals surface area (Å²) in [6, 6.07) is 0. The number of rotatable bonds is 48. The summed E-state index contributed by atoms with van der Waals surface area (Å²) in [4.78, 5) is 103. The lowest BCUT2D eigenvalue weighted by Crippen LogP contribution is -2.49. The first-order valence-corrected chi connectivity index (χ1v) is 27.9. The van der Waals surface area contributed by atoms with Crippen molar-refractivity contribution in [2.24, 2.45) is 0 Å². The number of amides is 1. The second kappa shape index (κ2) is 46.1. The Hall–Kier alpha value is -4.48. The van der Waals surface area contributed by atoms with Crippen molar-refractivity contribution in [3.63, 3.8) is 0 Å². The van der Waals surface area contributed by atoms with Gasteiger partial charge in [-0.05, 0) is 97.8 Å². The highest BCUT2D eigenvalue weighted by molar-refractivity contribution is 5.92. The summed E-state index contributed by atoms with van der Waals surface area (Å²) >= 11 is 0. The van der Waals surface area contributed by atoms with Gasteiger partial charge < -0.3 is 48.5 Å². The fraction of sp³-hybridized carbons (Fsp3) is 0.855. The molecule has 18 nitrogen and oxygen atoms in total. The third-order valence-corrected chi connectivity index (χ3v) is 11.4. The van der Waals surface area contributed by atoms with E-state index in [9.17, 15) is 38.4 Å². The predicted molar refractivity (Wildman–Crippen MR) is 277 cm³/mol. The average molecular weight is 1040 g/mol. The summed E-state index contributed by atoms with van der Waals surface area (Å²) < 4.78 is 43.6. The zero-order valence-electron chi connectivity index (χ0n) is 46.1. The van der Waals surface area contributed by atoms with Crippen LogP contribution in [0.2, 0.25) is 0 Å². The minimum atomic E-state index is -2.44. The first-order chi connectivity index (χ1) is 35.1. The Balaban J connectivity index is 5.73. The van der Waals surface area contributed by atoms with Crippen molar-refractivity contribution >= 4 is 47.9 Å². The molecule has 424 valence electrons. The zero-order chi connectivity index (χ0) is 54.3. The fourth-order valence-corrected chi connectivity index (χ4v) is 7.24. The third kappa shape index (κ3) is 43.6. The van der Waals surface area contributed by atoms with Crippen molar-refractivity contribution in [1.29, 1.82) is 0 Å². The summed E-state index contributed by atoms with van der Waals surface area (Å²) in [6.07, 6.45) is 18.4. The van der Waals surface area contributed by atoms with Gasteiger partial charge in [0.25, 0.3) is 0 Å². The second-order valence-corrected chi connectivity index (χ2v) is 19.7. The predicted octanol–water partition coefficient (Wildman–Crippen LogP) is 10.4. The molecule has 0 aromatic rings. The molecule has 0 unspecified atom stereocenters. The Morgan fingerprint density at radius 2 is 0.685 bits per heavy atom. The second-order valence-electron chi connectivity index (χ2n) is 19.7. The maximum absolute atomic E-state index is 14.1. The van der Waals surface area contributed by atoms with Crippen LogP contribution >= 0.6 is 0 Å². The van der Waals surface area contributed by atoms with Gasteiger partial charge in [-0.1, -0.05) is 97.8 Å². The molecular formula is C55H98N2O16. The minimum absolute atomic E-state index is 0.0489. The van der Waals surface area contributed by atoms with Gasteiger partial charge in [0, 0.05) is 38.9 Å². The molecule has 0 aromatic carbocycles. The van der Waals surface area contributed by atoms with Crippen LogP contribution in [0.25, 0.3) is 0 Å². The Morgan fingerprint density at radius 1 is 0.342 bits per heavy atom. The van der Waals surface area contributed by atoms with Crippen LogP contribution in [0.5, 0.6) is 0 Å². The van der Waals surface area contributed by atoms with Crippen molar-refractivity contribution in [2.75, 3.05) is 59.3 Å². The van der Waals surface area contributed by atoms with Crippen molar-refractivity contribution in [1.82, 2.24) is 10.6 Å². The average Bonchev–Trinajstić information content (AvgIpc) is 3.33. The van der Waals surface area contributed by atoms with Crippen molar-refractivity contribution < 1.29 is 76.3 Å². The Bertz CT molecular complexity index is 1450. The van der Waals surface area contributed by atoms with Gasteiger partial charge in [0.2, 0.25) is 5.60 Å². The number of hydrogen-bond acceptors (Lipinski definition) is 17. The van der Waals surface area contributed by atoms with Crippen molar-refractivity contribution in [3.8, 4) is 0 Å². The van der Waals surface area contributed by atoms with E-state index in [0.717, 1.165) is 96.3 Å². The Kier molecular flexibility index (Phi) is 43.3. The number of carbonyl (C=O) groups is 8. The lowest BCUT2D eigenvalue weighted by atomic mass is 9.94. The van der Waals surface area contributed by atoms with E-state index in [1.165, 1.54) is 0 Å². The van der Waals surface area contributed by atoms with Gasteiger partial charge in [0.1, 0.15) is 5.60 Å². The zero-order valence-corrected chi connectivity index (χ0v) is 46.1. The molecular weight excluding hydrogens is 945 g/mol. The summed E-state index contributed by atoms with van der Waals surface area (Å²) in [6.45, 7) is 12.6. The first kappa shape index (κ1) is 68.5. The minimum Gasteiger partial charge on any atom is -0.466 e. The molecule has 0 aliphatic carbocycles. The van der Waals surface area contributed by atoms with Crippen LogP contribution in [-0.2, 0) is 71.5 Å². The smallest absolute Gasteiger partial charge is 0.407 e. The number of esters is 7. The largest absolute Gasteiger partial charge is 0.466 e. The first-order valence-electron chi connectivity index (χ1n) is 27.9. The van der Waals surface area contributed by atoms with E-state index >= 15 is 0 Å².